The normalized spacial score (nSPS) is 32.5. The van der Waals surface area contributed by atoms with E-state index in [2.05, 4.69) is 6.07 Å². The first-order valence-corrected chi connectivity index (χ1v) is 8.88. The zero-order valence-corrected chi connectivity index (χ0v) is 14.5. The molecule has 2 heterocycles. The molecule has 0 spiro atoms. The number of aliphatic hydroxyl groups is 4. The molecule has 1 saturated heterocycles. The van der Waals surface area contributed by atoms with Crippen LogP contribution in [0.5, 0.6) is 0 Å². The third-order valence-corrected chi connectivity index (χ3v) is 5.45. The van der Waals surface area contributed by atoms with Gasteiger partial charge in [-0.15, -0.1) is 0 Å². The van der Waals surface area contributed by atoms with Crippen LogP contribution in [0.2, 0.25) is 0 Å². The zero-order chi connectivity index (χ0) is 18.1. The van der Waals surface area contributed by atoms with Crippen molar-refractivity contribution in [2.75, 3.05) is 6.61 Å². The number of aryl methyl sites for hydroxylation is 1. The Hall–Kier alpha value is -1.34. The predicted octanol–water partition coefficient (Wildman–Crippen LogP) is 0.331. The molecule has 7 nitrogen and oxygen atoms in total. The minimum absolute atomic E-state index is 0.229. The van der Waals surface area contributed by atoms with Crippen LogP contribution in [0.4, 0.5) is 0 Å². The summed E-state index contributed by atoms with van der Waals surface area (Å²) < 4.78 is 7.50. The van der Waals surface area contributed by atoms with E-state index >= 15 is 0 Å². The number of hydrogen-bond donors (Lipinski definition) is 4. The van der Waals surface area contributed by atoms with Crippen LogP contribution in [-0.2, 0) is 17.6 Å². The van der Waals surface area contributed by atoms with Gasteiger partial charge in [0, 0.05) is 5.69 Å². The first-order chi connectivity index (χ1) is 12.0. The minimum Gasteiger partial charge on any atom is -0.394 e. The quantitative estimate of drug-likeness (QED) is 0.440. The lowest BCUT2D eigenvalue weighted by molar-refractivity contribution is -0.252. The number of rotatable bonds is 2. The Kier molecular flexibility index (Phi) is 5.53. The average Bonchev–Trinajstić information content (AvgIpc) is 2.85. The highest BCUT2D eigenvalue weighted by atomic mass is 32.1. The van der Waals surface area contributed by atoms with Crippen molar-refractivity contribution in [1.29, 1.82) is 5.26 Å². The molecular formula is C17H22N2O5S. The SMILES string of the molecule is N#Cc1cc2c(n([C@H]3O[C@@H](CO)[C@@H](O)[C@@H](O)[C@H]3O)c1=S)CCCCC2. The van der Waals surface area contributed by atoms with Crippen molar-refractivity contribution in [2.24, 2.45) is 0 Å². The Bertz CT molecular complexity index is 742. The Balaban J connectivity index is 2.15. The van der Waals surface area contributed by atoms with Crippen molar-refractivity contribution in [1.82, 2.24) is 4.57 Å². The molecule has 136 valence electrons. The maximum atomic E-state index is 10.5. The summed E-state index contributed by atoms with van der Waals surface area (Å²) in [5.41, 5.74) is 2.18. The van der Waals surface area contributed by atoms with E-state index in [1.165, 1.54) is 0 Å². The van der Waals surface area contributed by atoms with Gasteiger partial charge >= 0.3 is 0 Å². The molecule has 1 aliphatic heterocycles. The van der Waals surface area contributed by atoms with Crippen LogP contribution in [0, 0.1) is 16.0 Å². The summed E-state index contributed by atoms with van der Waals surface area (Å²) in [5, 5.41) is 49.4. The summed E-state index contributed by atoms with van der Waals surface area (Å²) >= 11 is 5.44. The van der Waals surface area contributed by atoms with E-state index in [9.17, 15) is 25.7 Å². The molecule has 8 heteroatoms. The van der Waals surface area contributed by atoms with Gasteiger partial charge in [-0.05, 0) is 37.3 Å². The largest absolute Gasteiger partial charge is 0.394 e. The standard InChI is InChI=1S/C17H22N2O5S/c18-7-10-6-9-4-2-1-3-5-11(9)19(17(10)25)16-15(23)14(22)13(21)12(8-20)24-16/h6,12-16,20-23H,1-5,8H2/t12-,13+,14+,15+,16-/m0/s1. The molecule has 5 atom stereocenters. The summed E-state index contributed by atoms with van der Waals surface area (Å²) in [4.78, 5) is 0. The van der Waals surface area contributed by atoms with Crippen molar-refractivity contribution in [3.05, 3.63) is 27.5 Å². The van der Waals surface area contributed by atoms with Crippen LogP contribution in [0.1, 0.15) is 42.3 Å². The minimum atomic E-state index is -1.48. The van der Waals surface area contributed by atoms with Crippen molar-refractivity contribution in [3.8, 4) is 6.07 Å². The molecule has 4 N–H and O–H groups in total. The number of pyridine rings is 1. The highest BCUT2D eigenvalue weighted by molar-refractivity contribution is 7.71. The molecule has 1 aromatic heterocycles. The van der Waals surface area contributed by atoms with Crippen molar-refractivity contribution in [2.45, 2.75) is 62.7 Å². The van der Waals surface area contributed by atoms with E-state index in [4.69, 9.17) is 17.0 Å². The Morgan fingerprint density at radius 3 is 2.56 bits per heavy atom. The van der Waals surface area contributed by atoms with Crippen molar-refractivity contribution >= 4 is 12.2 Å². The van der Waals surface area contributed by atoms with Crippen LogP contribution in [0.25, 0.3) is 0 Å². The first kappa shape index (κ1) is 18.5. The number of nitriles is 1. The number of hydrogen-bond acceptors (Lipinski definition) is 7. The second kappa shape index (κ2) is 7.50. The molecular weight excluding hydrogens is 344 g/mol. The highest BCUT2D eigenvalue weighted by Gasteiger charge is 2.45. The summed E-state index contributed by atoms with van der Waals surface area (Å²) in [6.07, 6.45) is -1.89. The van der Waals surface area contributed by atoms with Crippen molar-refractivity contribution < 1.29 is 25.2 Å². The van der Waals surface area contributed by atoms with Crippen molar-refractivity contribution in [3.63, 3.8) is 0 Å². The van der Waals surface area contributed by atoms with Gasteiger partial charge in [0.25, 0.3) is 0 Å². The smallest absolute Gasteiger partial charge is 0.164 e. The number of ether oxygens (including phenoxy) is 1. The molecule has 0 unspecified atom stereocenters. The molecule has 1 aromatic rings. The number of fused-ring (bicyclic) bond motifs is 1. The average molecular weight is 366 g/mol. The summed E-state index contributed by atoms with van der Waals surface area (Å²) in [6, 6.07) is 3.88. The molecule has 0 bridgehead atoms. The van der Waals surface area contributed by atoms with E-state index in [1.54, 1.807) is 10.6 Å². The fourth-order valence-corrected chi connectivity index (χ4v) is 3.97. The van der Waals surface area contributed by atoms with Gasteiger partial charge in [-0.2, -0.15) is 5.26 Å². The summed E-state index contributed by atoms with van der Waals surface area (Å²) in [6.45, 7) is -0.505. The fraction of sp³-hybridized carbons (Fsp3) is 0.647. The van der Waals surface area contributed by atoms with Gasteiger partial charge in [-0.1, -0.05) is 18.6 Å². The Morgan fingerprint density at radius 2 is 1.88 bits per heavy atom. The third-order valence-electron chi connectivity index (χ3n) is 5.03. The number of aromatic nitrogens is 1. The van der Waals surface area contributed by atoms with E-state index in [1.807, 2.05) is 0 Å². The second-order valence-electron chi connectivity index (χ2n) is 6.60. The van der Waals surface area contributed by atoms with E-state index < -0.39 is 37.3 Å². The molecule has 3 rings (SSSR count). The fourth-order valence-electron chi connectivity index (χ4n) is 3.65. The molecule has 25 heavy (non-hydrogen) atoms. The molecule has 1 aliphatic carbocycles. The number of nitrogens with zero attached hydrogens (tertiary/aromatic N) is 2. The predicted molar refractivity (Wildman–Crippen MR) is 90.3 cm³/mol. The van der Waals surface area contributed by atoms with Crippen LogP contribution in [0.3, 0.4) is 0 Å². The van der Waals surface area contributed by atoms with Gasteiger partial charge in [-0.25, -0.2) is 0 Å². The molecule has 2 aliphatic rings. The van der Waals surface area contributed by atoms with Gasteiger partial charge in [0.05, 0.1) is 12.2 Å². The lowest BCUT2D eigenvalue weighted by Gasteiger charge is -2.41. The van der Waals surface area contributed by atoms with E-state index in [0.717, 1.165) is 43.4 Å². The van der Waals surface area contributed by atoms with E-state index in [-0.39, 0.29) is 4.64 Å². The summed E-state index contributed by atoms with van der Waals surface area (Å²) in [5.74, 6) is 0. The Labute approximate surface area is 150 Å². The van der Waals surface area contributed by atoms with Gasteiger partial charge in [-0.3, -0.25) is 0 Å². The number of aliphatic hydroxyl groups excluding tert-OH is 4. The maximum Gasteiger partial charge on any atom is 0.164 e. The third kappa shape index (κ3) is 3.24. The van der Waals surface area contributed by atoms with Crippen LogP contribution >= 0.6 is 12.2 Å². The highest BCUT2D eigenvalue weighted by Crippen LogP contribution is 2.33. The van der Waals surface area contributed by atoms with Gasteiger partial charge in [0.15, 0.2) is 6.23 Å². The molecule has 0 aromatic carbocycles. The van der Waals surface area contributed by atoms with Crippen LogP contribution in [-0.4, -0.2) is 56.0 Å². The summed E-state index contributed by atoms with van der Waals surface area (Å²) in [7, 11) is 0. The van der Waals surface area contributed by atoms with Gasteiger partial charge < -0.3 is 29.7 Å². The Morgan fingerprint density at radius 1 is 1.16 bits per heavy atom. The maximum absolute atomic E-state index is 10.5. The van der Waals surface area contributed by atoms with Gasteiger partial charge in [0.2, 0.25) is 0 Å². The van der Waals surface area contributed by atoms with Gasteiger partial charge in [0.1, 0.15) is 35.1 Å². The van der Waals surface area contributed by atoms with Crippen LogP contribution in [0.15, 0.2) is 6.07 Å². The second-order valence-corrected chi connectivity index (χ2v) is 6.98. The zero-order valence-electron chi connectivity index (χ0n) is 13.7. The monoisotopic (exact) mass is 366 g/mol. The molecule has 0 radical (unpaired) electrons. The topological polar surface area (TPSA) is 119 Å². The molecule has 0 amide bonds. The lowest BCUT2D eigenvalue weighted by Crippen LogP contribution is -2.56. The lowest BCUT2D eigenvalue weighted by atomic mass is 9.97. The van der Waals surface area contributed by atoms with E-state index in [0.29, 0.717) is 5.56 Å². The van der Waals surface area contributed by atoms with Crippen LogP contribution < -0.4 is 0 Å². The first-order valence-electron chi connectivity index (χ1n) is 8.47. The molecule has 0 saturated carbocycles. The molecule has 1 fully saturated rings.